The fourth-order valence-electron chi connectivity index (χ4n) is 2.04. The van der Waals surface area contributed by atoms with Gasteiger partial charge < -0.3 is 4.74 Å². The standard InChI is InChI=1S/C16H15N5O2/c1-23-13-6-4-11(5-7-13)9-14-18-16(21-20-14)19-15(22)12-3-2-8-17-10-12/h2-8,10H,9H2,1H3,(H2,18,19,20,21,22). The maximum absolute atomic E-state index is 12.0. The lowest BCUT2D eigenvalue weighted by atomic mass is 10.1. The normalized spacial score (nSPS) is 10.3. The molecule has 23 heavy (non-hydrogen) atoms. The van der Waals surface area contributed by atoms with Gasteiger partial charge in [-0.3, -0.25) is 20.2 Å². The number of nitrogens with one attached hydrogen (secondary N) is 2. The summed E-state index contributed by atoms with van der Waals surface area (Å²) < 4.78 is 5.12. The first-order chi connectivity index (χ1) is 11.2. The Bertz CT molecular complexity index is 784. The number of amides is 1. The molecule has 0 unspecified atom stereocenters. The number of aromatic amines is 1. The van der Waals surface area contributed by atoms with Crippen LogP contribution in [0.3, 0.4) is 0 Å². The van der Waals surface area contributed by atoms with Crippen LogP contribution in [0.5, 0.6) is 5.75 Å². The second kappa shape index (κ2) is 6.69. The van der Waals surface area contributed by atoms with Crippen LogP contribution in [0, 0.1) is 0 Å². The Morgan fingerprint density at radius 2 is 2.09 bits per heavy atom. The summed E-state index contributed by atoms with van der Waals surface area (Å²) in [4.78, 5) is 20.2. The Balaban J connectivity index is 1.64. The largest absolute Gasteiger partial charge is 0.497 e. The van der Waals surface area contributed by atoms with Crippen molar-refractivity contribution in [1.29, 1.82) is 0 Å². The molecule has 2 N–H and O–H groups in total. The van der Waals surface area contributed by atoms with Gasteiger partial charge in [-0.05, 0) is 29.8 Å². The average Bonchev–Trinajstić information content (AvgIpc) is 3.03. The maximum Gasteiger partial charge on any atom is 0.259 e. The van der Waals surface area contributed by atoms with Gasteiger partial charge >= 0.3 is 0 Å². The van der Waals surface area contributed by atoms with E-state index in [0.717, 1.165) is 11.3 Å². The Labute approximate surface area is 132 Å². The summed E-state index contributed by atoms with van der Waals surface area (Å²) in [5.74, 6) is 1.41. The number of pyridine rings is 1. The van der Waals surface area contributed by atoms with Crippen molar-refractivity contribution in [2.75, 3.05) is 12.4 Å². The highest BCUT2D eigenvalue weighted by molar-refractivity contribution is 6.02. The third-order valence-corrected chi connectivity index (χ3v) is 3.21. The van der Waals surface area contributed by atoms with Crippen molar-refractivity contribution in [2.24, 2.45) is 0 Å². The number of ether oxygens (including phenoxy) is 1. The van der Waals surface area contributed by atoms with Crippen LogP contribution in [-0.4, -0.2) is 33.2 Å². The molecule has 116 valence electrons. The van der Waals surface area contributed by atoms with Gasteiger partial charge in [0.2, 0.25) is 5.95 Å². The first kappa shape index (κ1) is 14.7. The Morgan fingerprint density at radius 3 is 2.78 bits per heavy atom. The molecule has 1 amide bonds. The summed E-state index contributed by atoms with van der Waals surface area (Å²) in [7, 11) is 1.63. The van der Waals surface area contributed by atoms with Gasteiger partial charge in [-0.1, -0.05) is 12.1 Å². The third-order valence-electron chi connectivity index (χ3n) is 3.21. The zero-order valence-electron chi connectivity index (χ0n) is 12.5. The number of carbonyl (C=O) groups excluding carboxylic acids is 1. The maximum atomic E-state index is 12.0. The van der Waals surface area contributed by atoms with Gasteiger partial charge in [-0.25, -0.2) is 0 Å². The van der Waals surface area contributed by atoms with Crippen molar-refractivity contribution < 1.29 is 9.53 Å². The molecular weight excluding hydrogens is 294 g/mol. The van der Waals surface area contributed by atoms with Crippen molar-refractivity contribution >= 4 is 11.9 Å². The minimum atomic E-state index is -0.298. The van der Waals surface area contributed by atoms with Gasteiger partial charge in [0.25, 0.3) is 5.91 Å². The number of benzene rings is 1. The van der Waals surface area contributed by atoms with E-state index >= 15 is 0 Å². The monoisotopic (exact) mass is 309 g/mol. The van der Waals surface area contributed by atoms with Gasteiger partial charge in [0.1, 0.15) is 11.6 Å². The molecule has 0 aliphatic heterocycles. The van der Waals surface area contributed by atoms with E-state index in [2.05, 4.69) is 25.5 Å². The molecule has 0 fully saturated rings. The van der Waals surface area contributed by atoms with Crippen LogP contribution < -0.4 is 10.1 Å². The van der Waals surface area contributed by atoms with E-state index in [0.29, 0.717) is 17.8 Å². The van der Waals surface area contributed by atoms with Crippen LogP contribution in [0.4, 0.5) is 5.95 Å². The van der Waals surface area contributed by atoms with Gasteiger partial charge in [-0.15, -0.1) is 5.10 Å². The topological polar surface area (TPSA) is 92.8 Å². The number of carbonyl (C=O) groups is 1. The van der Waals surface area contributed by atoms with Gasteiger partial charge in [-0.2, -0.15) is 4.98 Å². The van der Waals surface area contributed by atoms with Crippen LogP contribution in [0.25, 0.3) is 0 Å². The predicted molar refractivity (Wildman–Crippen MR) is 84.4 cm³/mol. The van der Waals surface area contributed by atoms with E-state index in [-0.39, 0.29) is 11.9 Å². The van der Waals surface area contributed by atoms with Crippen LogP contribution in [0.1, 0.15) is 21.7 Å². The number of rotatable bonds is 5. The number of aromatic nitrogens is 4. The molecule has 3 aromatic rings. The Morgan fingerprint density at radius 1 is 1.26 bits per heavy atom. The van der Waals surface area contributed by atoms with E-state index < -0.39 is 0 Å². The number of hydrogen-bond donors (Lipinski definition) is 2. The SMILES string of the molecule is COc1ccc(Cc2nc(NC(=O)c3cccnc3)n[nH]2)cc1. The van der Waals surface area contributed by atoms with Crippen LogP contribution >= 0.6 is 0 Å². The van der Waals surface area contributed by atoms with Crippen molar-refractivity contribution in [3.8, 4) is 5.75 Å². The minimum absolute atomic E-state index is 0.238. The number of hydrogen-bond acceptors (Lipinski definition) is 5. The summed E-state index contributed by atoms with van der Waals surface area (Å²) >= 11 is 0. The van der Waals surface area contributed by atoms with E-state index in [4.69, 9.17) is 4.74 Å². The highest BCUT2D eigenvalue weighted by atomic mass is 16.5. The van der Waals surface area contributed by atoms with Crippen molar-refractivity contribution in [3.63, 3.8) is 0 Å². The first-order valence-electron chi connectivity index (χ1n) is 7.00. The molecule has 0 saturated heterocycles. The lowest BCUT2D eigenvalue weighted by molar-refractivity contribution is 0.102. The quantitative estimate of drug-likeness (QED) is 0.752. The van der Waals surface area contributed by atoms with E-state index in [1.54, 1.807) is 25.4 Å². The molecule has 2 aromatic heterocycles. The highest BCUT2D eigenvalue weighted by Gasteiger charge is 2.10. The predicted octanol–water partition coefficient (Wildman–Crippen LogP) is 2.05. The van der Waals surface area contributed by atoms with Gasteiger partial charge in [0.05, 0.1) is 12.7 Å². The molecular formula is C16H15N5O2. The molecule has 7 heteroatoms. The fraction of sp³-hybridized carbons (Fsp3) is 0.125. The van der Waals surface area contributed by atoms with Crippen LogP contribution in [0.15, 0.2) is 48.8 Å². The van der Waals surface area contributed by atoms with Crippen molar-refractivity contribution in [3.05, 3.63) is 65.7 Å². The minimum Gasteiger partial charge on any atom is -0.497 e. The summed E-state index contributed by atoms with van der Waals surface area (Å²) in [6, 6.07) is 11.0. The molecule has 0 aliphatic carbocycles. The van der Waals surface area contributed by atoms with E-state index in [9.17, 15) is 4.79 Å². The fourth-order valence-corrected chi connectivity index (χ4v) is 2.04. The summed E-state index contributed by atoms with van der Waals surface area (Å²) in [5, 5.41) is 9.45. The number of H-pyrrole nitrogens is 1. The summed E-state index contributed by atoms with van der Waals surface area (Å²) in [6.07, 6.45) is 3.68. The van der Waals surface area contributed by atoms with Gasteiger partial charge in [0, 0.05) is 18.8 Å². The zero-order chi connectivity index (χ0) is 16.1. The van der Waals surface area contributed by atoms with Crippen LogP contribution in [0.2, 0.25) is 0 Å². The molecule has 0 spiro atoms. The zero-order valence-corrected chi connectivity index (χ0v) is 12.5. The first-order valence-corrected chi connectivity index (χ1v) is 7.00. The highest BCUT2D eigenvalue weighted by Crippen LogP contribution is 2.14. The van der Waals surface area contributed by atoms with Crippen LogP contribution in [-0.2, 0) is 6.42 Å². The van der Waals surface area contributed by atoms with E-state index in [1.807, 2.05) is 24.3 Å². The lowest BCUT2D eigenvalue weighted by Crippen LogP contribution is -2.13. The molecule has 1 aromatic carbocycles. The smallest absolute Gasteiger partial charge is 0.259 e. The third kappa shape index (κ3) is 3.70. The molecule has 7 nitrogen and oxygen atoms in total. The molecule has 2 heterocycles. The molecule has 0 saturated carbocycles. The van der Waals surface area contributed by atoms with Gasteiger partial charge in [0.15, 0.2) is 0 Å². The number of methoxy groups -OCH3 is 1. The summed E-state index contributed by atoms with van der Waals surface area (Å²) in [5.41, 5.74) is 1.51. The van der Waals surface area contributed by atoms with Crippen molar-refractivity contribution in [2.45, 2.75) is 6.42 Å². The molecule has 0 aliphatic rings. The molecule has 0 bridgehead atoms. The molecule has 3 rings (SSSR count). The average molecular weight is 309 g/mol. The Kier molecular flexibility index (Phi) is 4.28. The molecule has 0 radical (unpaired) electrons. The lowest BCUT2D eigenvalue weighted by Gasteiger charge is -2.01. The number of nitrogens with zero attached hydrogens (tertiary/aromatic N) is 3. The van der Waals surface area contributed by atoms with Crippen molar-refractivity contribution in [1.82, 2.24) is 20.2 Å². The second-order valence-corrected chi connectivity index (χ2v) is 4.83. The molecule has 0 atom stereocenters. The number of anilines is 1. The summed E-state index contributed by atoms with van der Waals surface area (Å²) in [6.45, 7) is 0. The Hall–Kier alpha value is -3.22. The second-order valence-electron chi connectivity index (χ2n) is 4.83. The van der Waals surface area contributed by atoms with E-state index in [1.165, 1.54) is 6.20 Å².